The lowest BCUT2D eigenvalue weighted by molar-refractivity contribution is -0.124. The van der Waals surface area contributed by atoms with Gasteiger partial charge in [-0.25, -0.2) is 4.68 Å². The fourth-order valence-electron chi connectivity index (χ4n) is 3.33. The van der Waals surface area contributed by atoms with E-state index in [1.165, 1.54) is 0 Å². The van der Waals surface area contributed by atoms with Crippen LogP contribution in [0.5, 0.6) is 0 Å². The minimum atomic E-state index is -0.467. The Balaban J connectivity index is 1.77. The Hall–Kier alpha value is -2.68. The number of aromatic nitrogens is 3. The summed E-state index contributed by atoms with van der Waals surface area (Å²) in [7, 11) is 0. The standard InChI is InChI=1S/C19H21ClN6O2/c20-13-1-3-14(4-2-13)26-16-11-22-7-5-15(16)18(24-26)25-9-10-28-12-17(25)19(27)23-8-6-21/h1-5,7,11,17H,6,8-10,12,21H2,(H,23,27). The lowest BCUT2D eigenvalue weighted by Gasteiger charge is -2.34. The summed E-state index contributed by atoms with van der Waals surface area (Å²) in [5.41, 5.74) is 7.23. The summed E-state index contributed by atoms with van der Waals surface area (Å²) in [5.74, 6) is 0.608. The van der Waals surface area contributed by atoms with E-state index in [1.54, 1.807) is 12.4 Å². The van der Waals surface area contributed by atoms with Crippen LogP contribution in [0.25, 0.3) is 16.6 Å². The summed E-state index contributed by atoms with van der Waals surface area (Å²) in [6.45, 7) is 2.21. The summed E-state index contributed by atoms with van der Waals surface area (Å²) in [6.07, 6.45) is 3.49. The van der Waals surface area contributed by atoms with Crippen LogP contribution in [0.4, 0.5) is 5.82 Å². The minimum Gasteiger partial charge on any atom is -0.377 e. The van der Waals surface area contributed by atoms with Gasteiger partial charge in [-0.05, 0) is 30.3 Å². The van der Waals surface area contributed by atoms with Crippen LogP contribution in [-0.4, -0.2) is 59.6 Å². The van der Waals surface area contributed by atoms with Gasteiger partial charge < -0.3 is 20.7 Å². The van der Waals surface area contributed by atoms with Crippen molar-refractivity contribution in [1.82, 2.24) is 20.1 Å². The summed E-state index contributed by atoms with van der Waals surface area (Å²) in [5, 5.41) is 9.25. The van der Waals surface area contributed by atoms with Gasteiger partial charge in [-0.2, -0.15) is 0 Å². The zero-order valence-electron chi connectivity index (χ0n) is 15.2. The van der Waals surface area contributed by atoms with Gasteiger partial charge in [0.15, 0.2) is 5.82 Å². The third kappa shape index (κ3) is 3.54. The van der Waals surface area contributed by atoms with Crippen molar-refractivity contribution in [2.45, 2.75) is 6.04 Å². The van der Waals surface area contributed by atoms with E-state index in [-0.39, 0.29) is 5.91 Å². The number of hydrogen-bond donors (Lipinski definition) is 2. The van der Waals surface area contributed by atoms with Gasteiger partial charge in [0.05, 0.1) is 30.6 Å². The maximum Gasteiger partial charge on any atom is 0.245 e. The van der Waals surface area contributed by atoms with Crippen molar-refractivity contribution >= 4 is 34.2 Å². The number of morpholine rings is 1. The van der Waals surface area contributed by atoms with E-state index in [1.807, 2.05) is 39.9 Å². The van der Waals surface area contributed by atoms with Gasteiger partial charge in [0.2, 0.25) is 5.91 Å². The van der Waals surface area contributed by atoms with E-state index in [9.17, 15) is 4.79 Å². The molecule has 1 atom stereocenters. The number of carbonyl (C=O) groups excluding carboxylic acids is 1. The molecule has 9 heteroatoms. The average molecular weight is 401 g/mol. The average Bonchev–Trinajstić information content (AvgIpc) is 3.12. The van der Waals surface area contributed by atoms with Gasteiger partial charge in [0, 0.05) is 36.2 Å². The van der Waals surface area contributed by atoms with Crippen LogP contribution in [0.2, 0.25) is 5.02 Å². The van der Waals surface area contributed by atoms with Gasteiger partial charge in [0.1, 0.15) is 6.04 Å². The highest BCUT2D eigenvalue weighted by molar-refractivity contribution is 6.30. The molecule has 146 valence electrons. The molecule has 28 heavy (non-hydrogen) atoms. The number of rotatable bonds is 5. The molecule has 0 aliphatic carbocycles. The number of ether oxygens (including phenoxy) is 1. The van der Waals surface area contributed by atoms with E-state index >= 15 is 0 Å². The van der Waals surface area contributed by atoms with Crippen molar-refractivity contribution in [1.29, 1.82) is 0 Å². The number of pyridine rings is 1. The molecule has 1 amide bonds. The van der Waals surface area contributed by atoms with Gasteiger partial charge >= 0.3 is 0 Å². The number of nitrogens with two attached hydrogens (primary N) is 1. The predicted molar refractivity (Wildman–Crippen MR) is 108 cm³/mol. The molecule has 1 aliphatic heterocycles. The third-order valence-corrected chi connectivity index (χ3v) is 4.93. The quantitative estimate of drug-likeness (QED) is 0.671. The second-order valence-corrected chi connectivity index (χ2v) is 6.90. The summed E-state index contributed by atoms with van der Waals surface area (Å²) < 4.78 is 7.37. The normalized spacial score (nSPS) is 17.1. The minimum absolute atomic E-state index is 0.117. The fourth-order valence-corrected chi connectivity index (χ4v) is 3.45. The molecule has 0 bridgehead atoms. The van der Waals surface area contributed by atoms with E-state index in [0.717, 1.165) is 22.4 Å². The molecule has 1 saturated heterocycles. The zero-order valence-corrected chi connectivity index (χ0v) is 16.0. The van der Waals surface area contributed by atoms with Crippen molar-refractivity contribution in [3.05, 3.63) is 47.7 Å². The topological polar surface area (TPSA) is 98.3 Å². The highest BCUT2D eigenvalue weighted by atomic mass is 35.5. The molecule has 3 heterocycles. The molecule has 1 aliphatic rings. The number of anilines is 1. The first-order valence-electron chi connectivity index (χ1n) is 9.10. The summed E-state index contributed by atoms with van der Waals surface area (Å²) in [4.78, 5) is 18.9. The predicted octanol–water partition coefficient (Wildman–Crippen LogP) is 1.35. The first kappa shape index (κ1) is 18.7. The van der Waals surface area contributed by atoms with Crippen LogP contribution >= 0.6 is 11.6 Å². The van der Waals surface area contributed by atoms with Crippen molar-refractivity contribution < 1.29 is 9.53 Å². The maximum atomic E-state index is 12.6. The first-order valence-corrected chi connectivity index (χ1v) is 9.47. The lowest BCUT2D eigenvalue weighted by Crippen LogP contribution is -2.54. The number of halogens is 1. The van der Waals surface area contributed by atoms with Gasteiger partial charge in [-0.1, -0.05) is 11.6 Å². The molecule has 1 aromatic carbocycles. The number of amides is 1. The van der Waals surface area contributed by atoms with Crippen LogP contribution in [0.15, 0.2) is 42.7 Å². The molecule has 8 nitrogen and oxygen atoms in total. The van der Waals surface area contributed by atoms with Crippen LogP contribution < -0.4 is 16.0 Å². The molecule has 2 aromatic heterocycles. The Morgan fingerprint density at radius 2 is 2.14 bits per heavy atom. The smallest absolute Gasteiger partial charge is 0.245 e. The number of hydrogen-bond acceptors (Lipinski definition) is 6. The molecular formula is C19H21ClN6O2. The molecule has 3 aromatic rings. The van der Waals surface area contributed by atoms with Crippen LogP contribution in [0.3, 0.4) is 0 Å². The van der Waals surface area contributed by atoms with Gasteiger partial charge in [-0.15, -0.1) is 5.10 Å². The second-order valence-electron chi connectivity index (χ2n) is 6.47. The zero-order chi connectivity index (χ0) is 19.5. The Morgan fingerprint density at radius 1 is 1.32 bits per heavy atom. The van der Waals surface area contributed by atoms with Crippen LogP contribution in [-0.2, 0) is 9.53 Å². The number of fused-ring (bicyclic) bond motifs is 1. The Bertz CT molecular complexity index is 974. The molecule has 1 unspecified atom stereocenters. The van der Waals surface area contributed by atoms with Crippen molar-refractivity contribution in [2.75, 3.05) is 37.7 Å². The second kappa shape index (κ2) is 8.14. The molecular weight excluding hydrogens is 380 g/mol. The van der Waals surface area contributed by atoms with Crippen molar-refractivity contribution in [2.24, 2.45) is 5.73 Å². The highest BCUT2D eigenvalue weighted by Gasteiger charge is 2.32. The maximum absolute atomic E-state index is 12.6. The van der Waals surface area contributed by atoms with Crippen molar-refractivity contribution in [3.63, 3.8) is 0 Å². The van der Waals surface area contributed by atoms with Crippen LogP contribution in [0.1, 0.15) is 0 Å². The van der Waals surface area contributed by atoms with E-state index in [2.05, 4.69) is 10.3 Å². The molecule has 1 fully saturated rings. The highest BCUT2D eigenvalue weighted by Crippen LogP contribution is 2.30. The Morgan fingerprint density at radius 3 is 2.93 bits per heavy atom. The summed E-state index contributed by atoms with van der Waals surface area (Å²) in [6, 6.07) is 8.88. The molecule has 0 radical (unpaired) electrons. The number of benzene rings is 1. The monoisotopic (exact) mass is 400 g/mol. The SMILES string of the molecule is NCCNC(=O)C1COCCN1c1nn(-c2ccc(Cl)cc2)c2cnccc12. The lowest BCUT2D eigenvalue weighted by atomic mass is 10.2. The molecule has 0 saturated carbocycles. The first-order chi connectivity index (χ1) is 13.7. The third-order valence-electron chi connectivity index (χ3n) is 4.68. The summed E-state index contributed by atoms with van der Waals surface area (Å²) >= 11 is 6.02. The Labute approximate surface area is 167 Å². The van der Waals surface area contributed by atoms with E-state index in [0.29, 0.717) is 37.9 Å². The van der Waals surface area contributed by atoms with Gasteiger partial charge in [0.25, 0.3) is 0 Å². The van der Waals surface area contributed by atoms with Crippen molar-refractivity contribution in [3.8, 4) is 5.69 Å². The number of carbonyl (C=O) groups is 1. The van der Waals surface area contributed by atoms with E-state index < -0.39 is 6.04 Å². The van der Waals surface area contributed by atoms with Gasteiger partial charge in [-0.3, -0.25) is 9.78 Å². The molecule has 3 N–H and O–H groups in total. The largest absolute Gasteiger partial charge is 0.377 e. The fraction of sp³-hybridized carbons (Fsp3) is 0.316. The molecule has 0 spiro atoms. The van der Waals surface area contributed by atoms with Crippen LogP contribution in [0, 0.1) is 0 Å². The van der Waals surface area contributed by atoms with E-state index in [4.69, 9.17) is 27.2 Å². The number of nitrogens with one attached hydrogen (secondary N) is 1. The Kier molecular flexibility index (Phi) is 5.43. The molecule has 4 rings (SSSR count). The number of nitrogens with zero attached hydrogens (tertiary/aromatic N) is 4.